The molecule has 0 radical (unpaired) electrons. The molecule has 2 heterocycles. The fourth-order valence-electron chi connectivity index (χ4n) is 5.98. The lowest BCUT2D eigenvalue weighted by atomic mass is 9.81. The average Bonchev–Trinajstić information content (AvgIpc) is 3.30. The number of methoxy groups -OCH3 is 1. The molecule has 234 valence electrons. The van der Waals surface area contributed by atoms with Gasteiger partial charge in [0.05, 0.1) is 34.6 Å². The highest BCUT2D eigenvalue weighted by Crippen LogP contribution is 2.40. The Balaban J connectivity index is 1.40. The minimum Gasteiger partial charge on any atom is -0.496 e. The average molecular weight is 634 g/mol. The molecule has 2 aliphatic rings. The van der Waals surface area contributed by atoms with E-state index in [4.69, 9.17) is 16.3 Å². The topological polar surface area (TPSA) is 115 Å². The molecule has 2 N–H and O–H groups in total. The normalized spacial score (nSPS) is 23.4. The summed E-state index contributed by atoms with van der Waals surface area (Å²) >= 11 is 6.71. The van der Waals surface area contributed by atoms with Crippen molar-refractivity contribution >= 4 is 33.2 Å². The number of aryl methyl sites for hydroxylation is 1. The SMILES string of the molecule is CCn1nc(C(=O)NC[C@H]2CC[C@H](S(C)(=O)=O)CC2)c(Cl)c1-c1cnc(NC[C@H]2CC[C@@H](C(F)(F)F)CC2)cc1OC. The highest BCUT2D eigenvalue weighted by Gasteiger charge is 2.41. The van der Waals surface area contributed by atoms with Gasteiger partial charge in [0.15, 0.2) is 5.69 Å². The van der Waals surface area contributed by atoms with Gasteiger partial charge in [0.25, 0.3) is 5.91 Å². The van der Waals surface area contributed by atoms with Crippen molar-refractivity contribution in [2.75, 3.05) is 31.8 Å². The lowest BCUT2D eigenvalue weighted by Gasteiger charge is -2.30. The van der Waals surface area contributed by atoms with Crippen LogP contribution in [0.3, 0.4) is 0 Å². The zero-order valence-electron chi connectivity index (χ0n) is 24.1. The van der Waals surface area contributed by atoms with Crippen LogP contribution in [0.15, 0.2) is 12.3 Å². The van der Waals surface area contributed by atoms with Gasteiger partial charge in [0.2, 0.25) is 0 Å². The molecule has 0 bridgehead atoms. The van der Waals surface area contributed by atoms with Crippen LogP contribution >= 0.6 is 11.6 Å². The van der Waals surface area contributed by atoms with Crippen molar-refractivity contribution < 1.29 is 31.1 Å². The molecule has 0 aromatic carbocycles. The Hall–Kier alpha value is -2.54. The van der Waals surface area contributed by atoms with E-state index in [0.717, 1.165) is 12.8 Å². The minimum absolute atomic E-state index is 0.0806. The summed E-state index contributed by atoms with van der Waals surface area (Å²) in [5.41, 5.74) is 1.11. The molecule has 42 heavy (non-hydrogen) atoms. The molecular formula is C28H39ClF3N5O4S. The van der Waals surface area contributed by atoms with Crippen molar-refractivity contribution in [3.63, 3.8) is 0 Å². The third-order valence-corrected chi connectivity index (χ3v) is 10.6. The first-order valence-corrected chi connectivity index (χ1v) is 16.7. The lowest BCUT2D eigenvalue weighted by Crippen LogP contribution is -2.34. The summed E-state index contributed by atoms with van der Waals surface area (Å²) in [6.07, 6.45) is 2.64. The number of ether oxygens (including phenoxy) is 1. The number of hydrogen-bond acceptors (Lipinski definition) is 7. The first-order valence-electron chi connectivity index (χ1n) is 14.4. The third kappa shape index (κ3) is 7.69. The number of pyridine rings is 1. The fraction of sp³-hybridized carbons (Fsp3) is 0.679. The first-order chi connectivity index (χ1) is 19.8. The summed E-state index contributed by atoms with van der Waals surface area (Å²) in [5, 5.41) is 10.4. The zero-order valence-corrected chi connectivity index (χ0v) is 25.7. The largest absolute Gasteiger partial charge is 0.496 e. The maximum absolute atomic E-state index is 13.1. The Kier molecular flexibility index (Phi) is 10.3. The fourth-order valence-corrected chi connectivity index (χ4v) is 7.43. The molecule has 2 fully saturated rings. The molecule has 0 saturated heterocycles. The number of nitrogens with zero attached hydrogens (tertiary/aromatic N) is 3. The summed E-state index contributed by atoms with van der Waals surface area (Å²) in [6, 6.07) is 1.70. The molecule has 2 aromatic rings. The molecule has 0 aliphatic heterocycles. The zero-order chi connectivity index (χ0) is 30.7. The van der Waals surface area contributed by atoms with Crippen molar-refractivity contribution in [3.05, 3.63) is 23.0 Å². The summed E-state index contributed by atoms with van der Waals surface area (Å²) in [4.78, 5) is 17.6. The monoisotopic (exact) mass is 633 g/mol. The van der Waals surface area contributed by atoms with Crippen LogP contribution in [0, 0.1) is 17.8 Å². The Bertz CT molecular complexity index is 1350. The Morgan fingerprint density at radius 2 is 1.71 bits per heavy atom. The number of aromatic nitrogens is 3. The van der Waals surface area contributed by atoms with Crippen LogP contribution in [-0.4, -0.2) is 67.0 Å². The van der Waals surface area contributed by atoms with Crippen LogP contribution in [0.1, 0.15) is 68.8 Å². The summed E-state index contributed by atoms with van der Waals surface area (Å²) in [5.74, 6) is -0.335. The van der Waals surface area contributed by atoms with Crippen molar-refractivity contribution in [3.8, 4) is 17.0 Å². The Morgan fingerprint density at radius 3 is 2.29 bits per heavy atom. The second-order valence-corrected chi connectivity index (χ2v) is 14.1. The lowest BCUT2D eigenvalue weighted by molar-refractivity contribution is -0.183. The van der Waals surface area contributed by atoms with E-state index >= 15 is 0 Å². The minimum atomic E-state index is -4.13. The molecule has 0 unspecified atom stereocenters. The van der Waals surface area contributed by atoms with E-state index in [2.05, 4.69) is 20.7 Å². The number of rotatable bonds is 10. The number of nitrogens with one attached hydrogen (secondary N) is 2. The van der Waals surface area contributed by atoms with Crippen LogP contribution in [-0.2, 0) is 16.4 Å². The van der Waals surface area contributed by atoms with Gasteiger partial charge in [0.1, 0.15) is 21.4 Å². The Labute approximate surface area is 249 Å². The molecule has 2 saturated carbocycles. The molecule has 0 spiro atoms. The quantitative estimate of drug-likeness (QED) is 0.343. The highest BCUT2D eigenvalue weighted by atomic mass is 35.5. The second kappa shape index (κ2) is 13.4. The Morgan fingerprint density at radius 1 is 1.10 bits per heavy atom. The number of amides is 1. The molecule has 4 rings (SSSR count). The molecule has 1 amide bonds. The van der Waals surface area contributed by atoms with Crippen LogP contribution in [0.2, 0.25) is 5.02 Å². The molecule has 2 aliphatic carbocycles. The van der Waals surface area contributed by atoms with Crippen molar-refractivity contribution in [1.29, 1.82) is 0 Å². The second-order valence-electron chi connectivity index (χ2n) is 11.4. The van der Waals surface area contributed by atoms with Gasteiger partial charge in [-0.15, -0.1) is 0 Å². The van der Waals surface area contributed by atoms with Crippen molar-refractivity contribution in [2.45, 2.75) is 76.3 Å². The predicted molar refractivity (Wildman–Crippen MR) is 156 cm³/mol. The van der Waals surface area contributed by atoms with Crippen molar-refractivity contribution in [1.82, 2.24) is 20.1 Å². The smallest absolute Gasteiger partial charge is 0.391 e. The van der Waals surface area contributed by atoms with E-state index in [-0.39, 0.29) is 40.6 Å². The summed E-state index contributed by atoms with van der Waals surface area (Å²) < 4.78 is 69.8. The number of halogens is 4. The standard InChI is InChI=1S/C28H39ClF3N5O4S/c1-4-37-26(24(29)25(36-37)27(38)35-15-18-7-11-20(12-8-18)42(3,39)40)21-16-34-23(13-22(21)41-2)33-14-17-5-9-19(10-6-17)28(30,31)32/h13,16-20H,4-12,14-15H2,1-3H3,(H,33,34)(H,35,38)/t17-,18-,19+,20-. The molecule has 2 aromatic heterocycles. The number of sulfone groups is 1. The summed E-state index contributed by atoms with van der Waals surface area (Å²) in [7, 11) is -1.55. The number of hydrogen-bond donors (Lipinski definition) is 2. The maximum atomic E-state index is 13.1. The van der Waals surface area contributed by atoms with E-state index in [9.17, 15) is 26.4 Å². The van der Waals surface area contributed by atoms with Gasteiger partial charge in [-0.2, -0.15) is 18.3 Å². The molecule has 0 atom stereocenters. The first kappa shape index (κ1) is 32.4. The van der Waals surface area contributed by atoms with E-state index in [1.54, 1.807) is 16.9 Å². The summed E-state index contributed by atoms with van der Waals surface area (Å²) in [6.45, 7) is 3.22. The maximum Gasteiger partial charge on any atom is 0.391 e. The highest BCUT2D eigenvalue weighted by molar-refractivity contribution is 7.91. The van der Waals surface area contributed by atoms with Gasteiger partial charge >= 0.3 is 6.18 Å². The van der Waals surface area contributed by atoms with E-state index in [1.807, 2.05) is 6.92 Å². The van der Waals surface area contributed by atoms with Gasteiger partial charge in [-0.05, 0) is 70.1 Å². The van der Waals surface area contributed by atoms with Crippen molar-refractivity contribution in [2.24, 2.45) is 17.8 Å². The van der Waals surface area contributed by atoms with E-state index in [0.29, 0.717) is 68.1 Å². The van der Waals surface area contributed by atoms with Crippen LogP contribution in [0.4, 0.5) is 19.0 Å². The van der Waals surface area contributed by atoms with Gasteiger partial charge in [-0.25, -0.2) is 13.4 Å². The van der Waals surface area contributed by atoms with Gasteiger partial charge in [-0.3, -0.25) is 9.48 Å². The van der Waals surface area contributed by atoms with Crippen LogP contribution in [0.5, 0.6) is 5.75 Å². The van der Waals surface area contributed by atoms with Gasteiger partial charge in [-0.1, -0.05) is 11.6 Å². The van der Waals surface area contributed by atoms with Gasteiger partial charge < -0.3 is 15.4 Å². The number of carbonyl (C=O) groups excluding carboxylic acids is 1. The number of carbonyl (C=O) groups is 1. The third-order valence-electron chi connectivity index (χ3n) is 8.58. The predicted octanol–water partition coefficient (Wildman–Crippen LogP) is 5.74. The van der Waals surface area contributed by atoms with Crippen LogP contribution < -0.4 is 15.4 Å². The van der Waals surface area contributed by atoms with Gasteiger partial charge in [0, 0.05) is 38.2 Å². The van der Waals surface area contributed by atoms with E-state index < -0.39 is 27.8 Å². The van der Waals surface area contributed by atoms with E-state index in [1.165, 1.54) is 13.4 Å². The number of alkyl halides is 3. The molecular weight excluding hydrogens is 595 g/mol. The molecule has 14 heteroatoms. The molecule has 9 nitrogen and oxygen atoms in total. The van der Waals surface area contributed by atoms with Crippen LogP contribution in [0.25, 0.3) is 11.3 Å². The number of anilines is 1.